The van der Waals surface area contributed by atoms with Crippen LogP contribution in [0.2, 0.25) is 0 Å². The monoisotopic (exact) mass is 339 g/mol. The van der Waals surface area contributed by atoms with Crippen molar-refractivity contribution in [3.05, 3.63) is 71.3 Å². The van der Waals surface area contributed by atoms with Gasteiger partial charge < -0.3 is 14.7 Å². The molecule has 3 rings (SSSR count). The summed E-state index contributed by atoms with van der Waals surface area (Å²) in [6, 6.07) is 17.7. The second-order valence-electron chi connectivity index (χ2n) is 5.93. The molecule has 0 bridgehead atoms. The number of carboxylic acids is 1. The third-order valence-electron chi connectivity index (χ3n) is 4.16. The van der Waals surface area contributed by atoms with Gasteiger partial charge in [0.25, 0.3) is 0 Å². The summed E-state index contributed by atoms with van der Waals surface area (Å²) >= 11 is 0. The Bertz CT molecular complexity index is 757. The number of carbonyl (C=O) groups is 1. The molecule has 130 valence electrons. The van der Waals surface area contributed by atoms with Gasteiger partial charge in [-0.3, -0.25) is 0 Å². The smallest absolute Gasteiger partial charge is 0.333 e. The summed E-state index contributed by atoms with van der Waals surface area (Å²) in [5.41, 5.74) is 3.83. The third kappa shape index (κ3) is 4.25. The van der Waals surface area contributed by atoms with Crippen LogP contribution in [0.4, 0.5) is 0 Å². The molecule has 0 aromatic heterocycles. The van der Waals surface area contributed by atoms with Gasteiger partial charge in [-0.15, -0.1) is 0 Å². The molecule has 1 unspecified atom stereocenters. The van der Waals surface area contributed by atoms with Crippen molar-refractivity contribution in [2.24, 2.45) is 5.16 Å². The van der Waals surface area contributed by atoms with E-state index in [4.69, 9.17) is 9.57 Å². The van der Waals surface area contributed by atoms with Gasteiger partial charge in [-0.1, -0.05) is 53.7 Å². The molecule has 0 saturated heterocycles. The molecule has 1 heterocycles. The van der Waals surface area contributed by atoms with Crippen LogP contribution in [0.25, 0.3) is 0 Å². The predicted octanol–water partition coefficient (Wildman–Crippen LogP) is 3.58. The van der Waals surface area contributed by atoms with Crippen molar-refractivity contribution >= 4 is 11.7 Å². The van der Waals surface area contributed by atoms with Crippen LogP contribution >= 0.6 is 0 Å². The van der Waals surface area contributed by atoms with Gasteiger partial charge in [-0.25, -0.2) is 4.79 Å². The summed E-state index contributed by atoms with van der Waals surface area (Å²) in [6.07, 6.45) is 0.114. The van der Waals surface area contributed by atoms with Crippen molar-refractivity contribution in [1.82, 2.24) is 0 Å². The Morgan fingerprint density at radius 3 is 2.80 bits per heavy atom. The lowest BCUT2D eigenvalue weighted by Crippen LogP contribution is -2.26. The fourth-order valence-electron chi connectivity index (χ4n) is 2.90. The summed E-state index contributed by atoms with van der Waals surface area (Å²) < 4.78 is 5.29. The Kier molecular flexibility index (Phi) is 5.46. The van der Waals surface area contributed by atoms with Gasteiger partial charge in [0.2, 0.25) is 0 Å². The number of benzene rings is 2. The first-order valence-electron chi connectivity index (χ1n) is 8.38. The van der Waals surface area contributed by atoms with E-state index in [1.165, 1.54) is 0 Å². The molecule has 0 saturated carbocycles. The normalized spacial score (nSPS) is 17.6. The second kappa shape index (κ2) is 7.94. The lowest BCUT2D eigenvalue weighted by atomic mass is 9.98. The largest absolute Gasteiger partial charge is 0.479 e. The highest BCUT2D eigenvalue weighted by molar-refractivity contribution is 6.01. The molecule has 2 atom stereocenters. The standard InChI is InChI=1S/C20H21NO4/c1-2-24-19(20(22)23)12-14-7-6-10-16(11-14)17-13-18(25-21-17)15-8-4-3-5-9-15/h3-11,18-19H,2,12-13H2,1H3,(H,22,23)/t18?,19-/m0/s1. The van der Waals surface area contributed by atoms with Crippen LogP contribution in [-0.2, 0) is 20.8 Å². The first-order chi connectivity index (χ1) is 12.2. The first-order valence-corrected chi connectivity index (χ1v) is 8.38. The molecule has 1 aliphatic rings. The van der Waals surface area contributed by atoms with Crippen LogP contribution in [0.15, 0.2) is 59.8 Å². The number of nitrogens with zero attached hydrogens (tertiary/aromatic N) is 1. The third-order valence-corrected chi connectivity index (χ3v) is 4.16. The minimum atomic E-state index is -0.946. The van der Waals surface area contributed by atoms with Crippen LogP contribution in [0, 0.1) is 0 Å². The highest BCUT2D eigenvalue weighted by Crippen LogP contribution is 2.29. The quantitative estimate of drug-likeness (QED) is 0.837. The number of hydrogen-bond acceptors (Lipinski definition) is 4. The van der Waals surface area contributed by atoms with E-state index in [0.717, 1.165) is 22.4 Å². The van der Waals surface area contributed by atoms with Gasteiger partial charge in [0.05, 0.1) is 5.71 Å². The Morgan fingerprint density at radius 1 is 1.28 bits per heavy atom. The van der Waals surface area contributed by atoms with Crippen molar-refractivity contribution in [3.63, 3.8) is 0 Å². The molecule has 0 radical (unpaired) electrons. The maximum absolute atomic E-state index is 11.3. The minimum Gasteiger partial charge on any atom is -0.479 e. The van der Waals surface area contributed by atoms with Crippen LogP contribution in [-0.4, -0.2) is 29.5 Å². The van der Waals surface area contributed by atoms with E-state index in [-0.39, 0.29) is 6.10 Å². The van der Waals surface area contributed by atoms with E-state index in [2.05, 4.69) is 5.16 Å². The van der Waals surface area contributed by atoms with Crippen LogP contribution < -0.4 is 0 Å². The maximum atomic E-state index is 11.3. The Hall–Kier alpha value is -2.66. The molecule has 25 heavy (non-hydrogen) atoms. The van der Waals surface area contributed by atoms with Gasteiger partial charge in [0.1, 0.15) is 0 Å². The predicted molar refractivity (Wildman–Crippen MR) is 94.6 cm³/mol. The SMILES string of the molecule is CCO[C@@H](Cc1cccc(C2=NOC(c3ccccc3)C2)c1)C(=O)O. The molecule has 2 aromatic carbocycles. The fourth-order valence-corrected chi connectivity index (χ4v) is 2.90. The molecular formula is C20H21NO4. The molecule has 0 fully saturated rings. The number of aliphatic carboxylic acids is 1. The van der Waals surface area contributed by atoms with Crippen LogP contribution in [0.3, 0.4) is 0 Å². The highest BCUT2D eigenvalue weighted by Gasteiger charge is 2.24. The fraction of sp³-hybridized carbons (Fsp3) is 0.300. The van der Waals surface area contributed by atoms with Crippen molar-refractivity contribution < 1.29 is 19.5 Å². The summed E-state index contributed by atoms with van der Waals surface area (Å²) in [5.74, 6) is -0.946. The first kappa shape index (κ1) is 17.2. The van der Waals surface area contributed by atoms with Crippen molar-refractivity contribution in [2.45, 2.75) is 32.0 Å². The summed E-state index contributed by atoms with van der Waals surface area (Å²) in [4.78, 5) is 16.8. The Morgan fingerprint density at radius 2 is 2.08 bits per heavy atom. The number of oxime groups is 1. The zero-order valence-electron chi connectivity index (χ0n) is 14.1. The molecule has 2 aromatic rings. The number of rotatable bonds is 7. The molecule has 5 nitrogen and oxygen atoms in total. The average molecular weight is 339 g/mol. The number of carboxylic acid groups (broad SMARTS) is 1. The van der Waals surface area contributed by atoms with Gasteiger partial charge in [-0.05, 0) is 29.7 Å². The van der Waals surface area contributed by atoms with Gasteiger partial charge in [0, 0.05) is 19.4 Å². The number of ether oxygens (including phenoxy) is 1. The summed E-state index contributed by atoms with van der Waals surface area (Å²) in [7, 11) is 0. The number of hydrogen-bond donors (Lipinski definition) is 1. The van der Waals surface area contributed by atoms with Gasteiger partial charge in [0.15, 0.2) is 12.2 Å². The van der Waals surface area contributed by atoms with Crippen molar-refractivity contribution in [1.29, 1.82) is 0 Å². The van der Waals surface area contributed by atoms with E-state index in [0.29, 0.717) is 19.4 Å². The molecule has 5 heteroatoms. The van der Waals surface area contributed by atoms with E-state index < -0.39 is 12.1 Å². The topological polar surface area (TPSA) is 68.1 Å². The van der Waals surface area contributed by atoms with Crippen molar-refractivity contribution in [3.8, 4) is 0 Å². The zero-order chi connectivity index (χ0) is 17.6. The van der Waals surface area contributed by atoms with Crippen molar-refractivity contribution in [2.75, 3.05) is 6.61 Å². The lowest BCUT2D eigenvalue weighted by molar-refractivity contribution is -0.149. The molecule has 0 aliphatic carbocycles. The van der Waals surface area contributed by atoms with E-state index in [1.807, 2.05) is 54.6 Å². The summed E-state index contributed by atoms with van der Waals surface area (Å²) in [6.45, 7) is 2.16. The molecule has 0 amide bonds. The maximum Gasteiger partial charge on any atom is 0.333 e. The molecular weight excluding hydrogens is 318 g/mol. The molecule has 1 N–H and O–H groups in total. The van der Waals surface area contributed by atoms with Crippen LogP contribution in [0.1, 0.15) is 36.1 Å². The Labute approximate surface area is 146 Å². The average Bonchev–Trinajstić information content (AvgIpc) is 3.12. The lowest BCUT2D eigenvalue weighted by Gasteiger charge is -2.13. The highest BCUT2D eigenvalue weighted by atomic mass is 16.6. The van der Waals surface area contributed by atoms with Crippen LogP contribution in [0.5, 0.6) is 0 Å². The van der Waals surface area contributed by atoms with Gasteiger partial charge in [-0.2, -0.15) is 0 Å². The van der Waals surface area contributed by atoms with E-state index in [9.17, 15) is 9.90 Å². The molecule has 0 spiro atoms. The van der Waals surface area contributed by atoms with E-state index >= 15 is 0 Å². The second-order valence-corrected chi connectivity index (χ2v) is 5.93. The Balaban J connectivity index is 1.71. The zero-order valence-corrected chi connectivity index (χ0v) is 14.1. The summed E-state index contributed by atoms with van der Waals surface area (Å²) in [5, 5.41) is 13.5. The van der Waals surface area contributed by atoms with Gasteiger partial charge >= 0.3 is 5.97 Å². The van der Waals surface area contributed by atoms with E-state index in [1.54, 1.807) is 6.92 Å². The minimum absolute atomic E-state index is 0.0740. The molecule has 1 aliphatic heterocycles.